The molecule has 0 spiro atoms. The minimum absolute atomic E-state index is 0.334. The van der Waals surface area contributed by atoms with Crippen LogP contribution in [0, 0.1) is 0 Å². The number of nitrogens with zero attached hydrogens (tertiary/aromatic N) is 4. The first-order chi connectivity index (χ1) is 7.59. The molecule has 2 rings (SSSR count). The Labute approximate surface area is 96.9 Å². The Kier molecular flexibility index (Phi) is 2.61. The number of amides is 1. The van der Waals surface area contributed by atoms with Crippen molar-refractivity contribution in [2.24, 2.45) is 12.8 Å². The fourth-order valence-electron chi connectivity index (χ4n) is 1.27. The molecule has 0 aliphatic rings. The molecule has 0 radical (unpaired) electrons. The molecule has 0 aliphatic heterocycles. The summed E-state index contributed by atoms with van der Waals surface area (Å²) >= 11 is 4.11. The van der Waals surface area contributed by atoms with Crippen LogP contribution < -0.4 is 5.73 Å². The Hall–Kier alpha value is -1.89. The van der Waals surface area contributed by atoms with Gasteiger partial charge in [-0.2, -0.15) is 0 Å². The van der Waals surface area contributed by atoms with Crippen LogP contribution in [0.5, 0.6) is 0 Å². The zero-order valence-electron chi connectivity index (χ0n) is 8.45. The predicted molar refractivity (Wildman–Crippen MR) is 60.0 cm³/mol. The zero-order chi connectivity index (χ0) is 11.7. The van der Waals surface area contributed by atoms with Gasteiger partial charge in [0, 0.05) is 25.0 Å². The molecule has 7 heteroatoms. The van der Waals surface area contributed by atoms with Crippen LogP contribution >= 0.6 is 12.6 Å². The molecule has 16 heavy (non-hydrogen) atoms. The summed E-state index contributed by atoms with van der Waals surface area (Å²) in [4.78, 5) is 14.9. The lowest BCUT2D eigenvalue weighted by Crippen LogP contribution is -2.11. The average molecular weight is 235 g/mol. The van der Waals surface area contributed by atoms with E-state index in [9.17, 15) is 4.79 Å². The van der Waals surface area contributed by atoms with Gasteiger partial charge < -0.3 is 10.3 Å². The van der Waals surface area contributed by atoms with E-state index in [1.807, 2.05) is 0 Å². The maximum atomic E-state index is 11.0. The average Bonchev–Trinajstić information content (AvgIpc) is 2.60. The Morgan fingerprint density at radius 3 is 2.75 bits per heavy atom. The zero-order valence-corrected chi connectivity index (χ0v) is 9.35. The van der Waals surface area contributed by atoms with E-state index in [0.29, 0.717) is 22.1 Å². The smallest absolute Gasteiger partial charge is 0.250 e. The maximum absolute atomic E-state index is 11.0. The molecule has 82 valence electrons. The fourth-order valence-corrected chi connectivity index (χ4v) is 1.41. The molecule has 2 N–H and O–H groups in total. The van der Waals surface area contributed by atoms with E-state index in [4.69, 9.17) is 5.73 Å². The van der Waals surface area contributed by atoms with Gasteiger partial charge in [-0.1, -0.05) is 0 Å². The second-order valence-electron chi connectivity index (χ2n) is 3.21. The van der Waals surface area contributed by atoms with E-state index in [0.717, 1.165) is 0 Å². The summed E-state index contributed by atoms with van der Waals surface area (Å²) in [6.07, 6.45) is 2.99. The number of hydrogen-bond acceptors (Lipinski definition) is 5. The molecule has 0 saturated heterocycles. The lowest BCUT2D eigenvalue weighted by molar-refractivity contribution is 0.1000. The number of hydrogen-bond donors (Lipinski definition) is 2. The highest BCUT2D eigenvalue weighted by atomic mass is 32.1. The molecule has 0 aromatic carbocycles. The van der Waals surface area contributed by atoms with Crippen LogP contribution in [-0.2, 0) is 7.05 Å². The summed E-state index contributed by atoms with van der Waals surface area (Å²) in [6, 6.07) is 1.62. The minimum Gasteiger partial charge on any atom is -0.366 e. The van der Waals surface area contributed by atoms with Gasteiger partial charge in [0.1, 0.15) is 0 Å². The van der Waals surface area contributed by atoms with Crippen molar-refractivity contribution in [3.8, 4) is 11.4 Å². The lowest BCUT2D eigenvalue weighted by Gasteiger charge is -2.02. The molecule has 0 bridgehead atoms. The van der Waals surface area contributed by atoms with E-state index in [1.54, 1.807) is 23.9 Å². The van der Waals surface area contributed by atoms with Crippen LogP contribution in [0.3, 0.4) is 0 Å². The third-order valence-electron chi connectivity index (χ3n) is 2.13. The first kappa shape index (κ1) is 10.6. The van der Waals surface area contributed by atoms with Crippen LogP contribution in [0.15, 0.2) is 23.6 Å². The number of pyridine rings is 1. The number of thiol groups is 1. The van der Waals surface area contributed by atoms with Gasteiger partial charge in [-0.25, -0.2) is 0 Å². The summed E-state index contributed by atoms with van der Waals surface area (Å²) < 4.78 is 1.69. The Balaban J connectivity index is 2.52. The van der Waals surface area contributed by atoms with E-state index in [-0.39, 0.29) is 0 Å². The molecule has 2 aromatic heterocycles. The van der Waals surface area contributed by atoms with Gasteiger partial charge in [-0.3, -0.25) is 9.78 Å². The van der Waals surface area contributed by atoms with Crippen LogP contribution in [-0.4, -0.2) is 25.7 Å². The number of carbonyl (C=O) groups excluding carboxylic acids is 1. The van der Waals surface area contributed by atoms with Gasteiger partial charge in [0.2, 0.25) is 5.91 Å². The number of carbonyl (C=O) groups is 1. The molecule has 0 saturated carbocycles. The molecule has 2 aromatic rings. The van der Waals surface area contributed by atoms with Gasteiger partial charge in [0.05, 0.1) is 5.56 Å². The highest BCUT2D eigenvalue weighted by Gasteiger charge is 2.10. The van der Waals surface area contributed by atoms with Crippen LogP contribution in [0.4, 0.5) is 0 Å². The normalized spacial score (nSPS) is 10.4. The quantitative estimate of drug-likeness (QED) is 0.731. The van der Waals surface area contributed by atoms with Gasteiger partial charge >= 0.3 is 0 Å². The highest BCUT2D eigenvalue weighted by Crippen LogP contribution is 2.18. The molecule has 2 heterocycles. The standard InChI is InChI=1S/C9H9N5OS/c1-14-8(12-13-9(14)16)6-2-5(7(10)15)3-11-4-6/h2-4H,1H3,(H2,10,15)(H,13,16). The molecular formula is C9H9N5OS. The van der Waals surface area contributed by atoms with Gasteiger partial charge in [-0.05, 0) is 6.07 Å². The highest BCUT2D eigenvalue weighted by molar-refractivity contribution is 7.80. The summed E-state index contributed by atoms with van der Waals surface area (Å²) in [7, 11) is 1.77. The van der Waals surface area contributed by atoms with Gasteiger partial charge in [0.25, 0.3) is 0 Å². The minimum atomic E-state index is -0.525. The van der Waals surface area contributed by atoms with E-state index < -0.39 is 5.91 Å². The van der Waals surface area contributed by atoms with Crippen molar-refractivity contribution in [1.29, 1.82) is 0 Å². The number of primary amides is 1. The first-order valence-electron chi connectivity index (χ1n) is 4.43. The lowest BCUT2D eigenvalue weighted by atomic mass is 10.2. The summed E-state index contributed by atoms with van der Waals surface area (Å²) in [5.74, 6) is 0.0585. The Bertz CT molecular complexity index is 551. The number of rotatable bonds is 2. The third kappa shape index (κ3) is 1.76. The van der Waals surface area contributed by atoms with Crippen molar-refractivity contribution in [2.75, 3.05) is 0 Å². The largest absolute Gasteiger partial charge is 0.366 e. The van der Waals surface area contributed by atoms with E-state index in [1.165, 1.54) is 6.20 Å². The van der Waals surface area contributed by atoms with Crippen LogP contribution in [0.2, 0.25) is 0 Å². The monoisotopic (exact) mass is 235 g/mol. The molecule has 6 nitrogen and oxygen atoms in total. The predicted octanol–water partition coefficient (Wildman–Crippen LogP) is 0.265. The number of nitrogens with two attached hydrogens (primary N) is 1. The van der Waals surface area contributed by atoms with Crippen molar-refractivity contribution in [2.45, 2.75) is 5.16 Å². The first-order valence-corrected chi connectivity index (χ1v) is 4.88. The topological polar surface area (TPSA) is 86.7 Å². The molecule has 0 aliphatic carbocycles. The Morgan fingerprint density at radius 2 is 2.19 bits per heavy atom. The van der Waals surface area contributed by atoms with Crippen LogP contribution in [0.1, 0.15) is 10.4 Å². The van der Waals surface area contributed by atoms with Crippen molar-refractivity contribution >= 4 is 18.5 Å². The van der Waals surface area contributed by atoms with Crippen molar-refractivity contribution in [1.82, 2.24) is 19.7 Å². The maximum Gasteiger partial charge on any atom is 0.250 e. The van der Waals surface area contributed by atoms with Crippen LogP contribution in [0.25, 0.3) is 11.4 Å². The summed E-state index contributed by atoms with van der Waals surface area (Å²) in [5.41, 5.74) is 6.17. The number of aromatic nitrogens is 4. The van der Waals surface area contributed by atoms with E-state index in [2.05, 4.69) is 27.8 Å². The molecule has 1 amide bonds. The fraction of sp³-hybridized carbons (Fsp3) is 0.111. The van der Waals surface area contributed by atoms with Crippen molar-refractivity contribution in [3.63, 3.8) is 0 Å². The second-order valence-corrected chi connectivity index (χ2v) is 3.61. The molecule has 0 fully saturated rings. The molecular weight excluding hydrogens is 226 g/mol. The van der Waals surface area contributed by atoms with Gasteiger partial charge in [-0.15, -0.1) is 22.8 Å². The van der Waals surface area contributed by atoms with Crippen molar-refractivity contribution < 1.29 is 4.79 Å². The SMILES string of the molecule is Cn1c(S)nnc1-c1cncc(C(N)=O)c1. The van der Waals surface area contributed by atoms with E-state index >= 15 is 0 Å². The third-order valence-corrected chi connectivity index (χ3v) is 2.52. The summed E-state index contributed by atoms with van der Waals surface area (Å²) in [6.45, 7) is 0. The molecule has 0 atom stereocenters. The Morgan fingerprint density at radius 1 is 1.44 bits per heavy atom. The summed E-state index contributed by atoms with van der Waals surface area (Å²) in [5, 5.41) is 8.22. The van der Waals surface area contributed by atoms with Crippen molar-refractivity contribution in [3.05, 3.63) is 24.0 Å². The van der Waals surface area contributed by atoms with Gasteiger partial charge in [0.15, 0.2) is 11.0 Å². The second kappa shape index (κ2) is 3.93. The molecule has 0 unspecified atom stereocenters.